The second kappa shape index (κ2) is 4.78. The number of hydrogen-bond donors (Lipinski definition) is 3. The molecular formula is C8H15FN2O3. The van der Waals surface area contributed by atoms with Gasteiger partial charge < -0.3 is 16.2 Å². The van der Waals surface area contributed by atoms with Crippen molar-refractivity contribution < 1.29 is 19.1 Å². The maximum absolute atomic E-state index is 13.0. The molecule has 0 aliphatic rings. The van der Waals surface area contributed by atoms with Gasteiger partial charge in [0.05, 0.1) is 0 Å². The highest BCUT2D eigenvalue weighted by atomic mass is 19.1. The third-order valence-electron chi connectivity index (χ3n) is 1.64. The van der Waals surface area contributed by atoms with Crippen molar-refractivity contribution in [3.05, 3.63) is 0 Å². The van der Waals surface area contributed by atoms with E-state index in [1.54, 1.807) is 0 Å². The van der Waals surface area contributed by atoms with Crippen LogP contribution < -0.4 is 11.1 Å². The number of amides is 2. The molecule has 82 valence electrons. The Kier molecular flexibility index (Phi) is 4.33. The van der Waals surface area contributed by atoms with Gasteiger partial charge in [-0.3, -0.25) is 0 Å². The number of carboxylic acids is 1. The first-order chi connectivity index (χ1) is 6.22. The van der Waals surface area contributed by atoms with Gasteiger partial charge >= 0.3 is 12.0 Å². The molecule has 0 rings (SSSR count). The number of nitrogens with one attached hydrogen (secondary N) is 1. The summed E-state index contributed by atoms with van der Waals surface area (Å²) >= 11 is 0. The first-order valence-electron chi connectivity index (χ1n) is 4.20. The molecule has 0 radical (unpaired) electrons. The van der Waals surface area contributed by atoms with Crippen LogP contribution >= 0.6 is 0 Å². The molecule has 4 N–H and O–H groups in total. The molecule has 0 fully saturated rings. The van der Waals surface area contributed by atoms with Gasteiger partial charge in [0.1, 0.15) is 11.7 Å². The average molecular weight is 206 g/mol. The van der Waals surface area contributed by atoms with Crippen LogP contribution in [0, 0.1) is 0 Å². The number of primary amides is 1. The lowest BCUT2D eigenvalue weighted by molar-refractivity contribution is -0.139. The van der Waals surface area contributed by atoms with E-state index in [1.807, 2.05) is 5.32 Å². The highest BCUT2D eigenvalue weighted by Crippen LogP contribution is 2.17. The van der Waals surface area contributed by atoms with E-state index in [1.165, 1.54) is 13.8 Å². The fourth-order valence-corrected chi connectivity index (χ4v) is 0.917. The Morgan fingerprint density at radius 2 is 2.07 bits per heavy atom. The van der Waals surface area contributed by atoms with Crippen molar-refractivity contribution in [3.8, 4) is 0 Å². The number of urea groups is 1. The number of carbonyl (C=O) groups is 2. The van der Waals surface area contributed by atoms with Crippen LogP contribution in [0.15, 0.2) is 0 Å². The largest absolute Gasteiger partial charge is 0.480 e. The quantitative estimate of drug-likeness (QED) is 0.616. The van der Waals surface area contributed by atoms with Crippen molar-refractivity contribution in [1.82, 2.24) is 5.32 Å². The third-order valence-corrected chi connectivity index (χ3v) is 1.64. The van der Waals surface area contributed by atoms with Crippen molar-refractivity contribution in [2.45, 2.75) is 38.4 Å². The topological polar surface area (TPSA) is 92.4 Å². The van der Waals surface area contributed by atoms with Crippen LogP contribution in [-0.2, 0) is 4.79 Å². The van der Waals surface area contributed by atoms with Gasteiger partial charge in [0.25, 0.3) is 0 Å². The van der Waals surface area contributed by atoms with Crippen LogP contribution in [0.5, 0.6) is 0 Å². The van der Waals surface area contributed by atoms with Gasteiger partial charge in [-0.05, 0) is 26.7 Å². The van der Waals surface area contributed by atoms with Crippen molar-refractivity contribution >= 4 is 12.0 Å². The van der Waals surface area contributed by atoms with Crippen molar-refractivity contribution in [2.24, 2.45) is 5.73 Å². The number of carbonyl (C=O) groups excluding carboxylic acids is 1. The summed E-state index contributed by atoms with van der Waals surface area (Å²) in [6.07, 6.45) is 0.0615. The number of hydrogen-bond acceptors (Lipinski definition) is 2. The van der Waals surface area contributed by atoms with E-state index in [0.717, 1.165) is 0 Å². The normalized spacial score (nSPS) is 13.4. The van der Waals surface area contributed by atoms with E-state index in [9.17, 15) is 14.0 Å². The molecule has 0 aromatic rings. The molecule has 0 aromatic carbocycles. The predicted molar refractivity (Wildman–Crippen MR) is 48.6 cm³/mol. The molecule has 0 spiro atoms. The van der Waals surface area contributed by atoms with Crippen LogP contribution in [0.2, 0.25) is 0 Å². The second-order valence-corrected chi connectivity index (χ2v) is 3.66. The lowest BCUT2D eigenvalue weighted by Crippen LogP contribution is -2.44. The van der Waals surface area contributed by atoms with Gasteiger partial charge in [-0.15, -0.1) is 0 Å². The number of carboxylic acid groups (broad SMARTS) is 1. The van der Waals surface area contributed by atoms with Crippen molar-refractivity contribution in [2.75, 3.05) is 0 Å². The Hall–Kier alpha value is -1.33. The Bertz CT molecular complexity index is 225. The Morgan fingerprint density at radius 3 is 2.36 bits per heavy atom. The van der Waals surface area contributed by atoms with E-state index in [2.05, 4.69) is 0 Å². The molecule has 0 aliphatic carbocycles. The van der Waals surface area contributed by atoms with Gasteiger partial charge in [0, 0.05) is 0 Å². The minimum Gasteiger partial charge on any atom is -0.480 e. The van der Waals surface area contributed by atoms with E-state index >= 15 is 0 Å². The maximum Gasteiger partial charge on any atom is 0.326 e. The first kappa shape index (κ1) is 12.7. The third kappa shape index (κ3) is 6.22. The molecule has 0 bridgehead atoms. The van der Waals surface area contributed by atoms with Crippen LogP contribution in [-0.4, -0.2) is 28.8 Å². The van der Waals surface area contributed by atoms with Crippen molar-refractivity contribution in [3.63, 3.8) is 0 Å². The highest BCUT2D eigenvalue weighted by Gasteiger charge is 2.23. The molecule has 0 unspecified atom stereocenters. The molecule has 0 aliphatic heterocycles. The summed E-state index contributed by atoms with van der Waals surface area (Å²) in [4.78, 5) is 21.0. The fourth-order valence-electron chi connectivity index (χ4n) is 0.917. The number of halogens is 1. The number of rotatable bonds is 5. The minimum absolute atomic E-state index is 0.0156. The van der Waals surface area contributed by atoms with Gasteiger partial charge in [-0.1, -0.05) is 0 Å². The highest BCUT2D eigenvalue weighted by molar-refractivity contribution is 5.81. The molecule has 5 nitrogen and oxygen atoms in total. The van der Waals surface area contributed by atoms with E-state index in [0.29, 0.717) is 0 Å². The summed E-state index contributed by atoms with van der Waals surface area (Å²) in [6, 6.07) is -2.04. The Labute approximate surface area is 81.5 Å². The summed E-state index contributed by atoms with van der Waals surface area (Å²) in [5.74, 6) is -1.21. The van der Waals surface area contributed by atoms with Gasteiger partial charge in [-0.2, -0.15) is 0 Å². The summed E-state index contributed by atoms with van der Waals surface area (Å²) in [6.45, 7) is 2.69. The Morgan fingerprint density at radius 1 is 1.57 bits per heavy atom. The molecule has 0 saturated carbocycles. The van der Waals surface area contributed by atoms with Crippen molar-refractivity contribution in [1.29, 1.82) is 0 Å². The molecule has 0 aromatic heterocycles. The predicted octanol–water partition coefficient (Wildman–Crippen LogP) is 0.636. The zero-order chi connectivity index (χ0) is 11.4. The minimum atomic E-state index is -1.45. The summed E-state index contributed by atoms with van der Waals surface area (Å²) in [7, 11) is 0. The van der Waals surface area contributed by atoms with Gasteiger partial charge in [0.2, 0.25) is 0 Å². The lowest BCUT2D eigenvalue weighted by Gasteiger charge is -2.17. The SMILES string of the molecule is CC(C)(F)CC[C@H](NC(N)=O)C(=O)O. The molecule has 6 heteroatoms. The summed E-state index contributed by atoms with van der Waals surface area (Å²) in [5, 5.41) is 10.7. The number of nitrogens with two attached hydrogens (primary N) is 1. The second-order valence-electron chi connectivity index (χ2n) is 3.66. The molecule has 2 amide bonds. The molecule has 14 heavy (non-hydrogen) atoms. The molecular weight excluding hydrogens is 191 g/mol. The zero-order valence-electron chi connectivity index (χ0n) is 8.21. The fraction of sp³-hybridized carbons (Fsp3) is 0.750. The smallest absolute Gasteiger partial charge is 0.326 e. The first-order valence-corrected chi connectivity index (χ1v) is 4.20. The monoisotopic (exact) mass is 206 g/mol. The standard InChI is InChI=1S/C8H15FN2O3/c1-8(2,9)4-3-5(6(12)13)11-7(10)14/h5H,3-4H2,1-2H3,(H,12,13)(H3,10,11,14)/t5-/m0/s1. The Balaban J connectivity index is 4.11. The van der Waals surface area contributed by atoms with E-state index < -0.39 is 23.7 Å². The number of aliphatic carboxylic acids is 1. The van der Waals surface area contributed by atoms with Crippen LogP contribution in [0.4, 0.5) is 9.18 Å². The van der Waals surface area contributed by atoms with E-state index in [-0.39, 0.29) is 12.8 Å². The maximum atomic E-state index is 13.0. The lowest BCUT2D eigenvalue weighted by atomic mass is 10.0. The molecule has 0 saturated heterocycles. The average Bonchev–Trinajstić information content (AvgIpc) is 1.94. The van der Waals surface area contributed by atoms with Gasteiger partial charge in [0.15, 0.2) is 0 Å². The van der Waals surface area contributed by atoms with Crippen LogP contribution in [0.1, 0.15) is 26.7 Å². The molecule has 0 heterocycles. The van der Waals surface area contributed by atoms with E-state index in [4.69, 9.17) is 10.8 Å². The summed E-state index contributed by atoms with van der Waals surface area (Å²) in [5.41, 5.74) is 3.31. The molecule has 1 atom stereocenters. The number of alkyl halides is 1. The summed E-state index contributed by atoms with van der Waals surface area (Å²) < 4.78 is 13.0. The van der Waals surface area contributed by atoms with Crippen LogP contribution in [0.3, 0.4) is 0 Å². The zero-order valence-corrected chi connectivity index (χ0v) is 8.21. The van der Waals surface area contributed by atoms with Gasteiger partial charge in [-0.25, -0.2) is 14.0 Å². The van der Waals surface area contributed by atoms with Crippen LogP contribution in [0.25, 0.3) is 0 Å².